The van der Waals surface area contributed by atoms with Crippen LogP contribution in [0.15, 0.2) is 0 Å². The minimum Gasteiger partial charge on any atom is -0.388 e. The maximum absolute atomic E-state index is 12.5. The fourth-order valence-corrected chi connectivity index (χ4v) is 3.02. The number of carbonyl (C=O) groups excluding carboxylic acids is 1. The lowest BCUT2D eigenvalue weighted by molar-refractivity contribution is -0.178. The Morgan fingerprint density at radius 1 is 1.37 bits per heavy atom. The second-order valence-corrected chi connectivity index (χ2v) is 6.19. The van der Waals surface area contributed by atoms with Crippen LogP contribution >= 0.6 is 0 Å². The van der Waals surface area contributed by atoms with Gasteiger partial charge in [-0.25, -0.2) is 0 Å². The Balaban J connectivity index is 2.08. The SMILES string of the molecule is CCOC1CC(N)(C(=O)N2C[C@@H](O)[C@@H](O)C2)C1(C)C. The van der Waals surface area contributed by atoms with Gasteiger partial charge < -0.3 is 25.6 Å². The van der Waals surface area contributed by atoms with E-state index in [0.29, 0.717) is 13.0 Å². The fraction of sp³-hybridized carbons (Fsp3) is 0.923. The van der Waals surface area contributed by atoms with Crippen LogP contribution < -0.4 is 5.73 Å². The summed E-state index contributed by atoms with van der Waals surface area (Å²) in [6.07, 6.45) is -1.30. The lowest BCUT2D eigenvalue weighted by Crippen LogP contribution is -2.76. The molecule has 19 heavy (non-hydrogen) atoms. The van der Waals surface area contributed by atoms with Crippen LogP contribution in [0.1, 0.15) is 27.2 Å². The molecule has 0 aromatic heterocycles. The number of amides is 1. The Bertz CT molecular complexity index is 364. The Hall–Kier alpha value is -0.690. The molecule has 6 heteroatoms. The zero-order valence-corrected chi connectivity index (χ0v) is 11.8. The Labute approximate surface area is 113 Å². The number of nitrogens with two attached hydrogens (primary N) is 1. The summed E-state index contributed by atoms with van der Waals surface area (Å²) < 4.78 is 5.59. The van der Waals surface area contributed by atoms with Crippen molar-refractivity contribution in [1.82, 2.24) is 4.90 Å². The molecule has 0 bridgehead atoms. The van der Waals surface area contributed by atoms with Gasteiger partial charge in [0, 0.05) is 31.5 Å². The average Bonchev–Trinajstić information content (AvgIpc) is 2.68. The molecule has 0 radical (unpaired) electrons. The topological polar surface area (TPSA) is 96.0 Å². The van der Waals surface area contributed by atoms with Crippen molar-refractivity contribution < 1.29 is 19.7 Å². The van der Waals surface area contributed by atoms with Gasteiger partial charge in [-0.3, -0.25) is 4.79 Å². The maximum Gasteiger partial charge on any atom is 0.243 e. The summed E-state index contributed by atoms with van der Waals surface area (Å²) in [6, 6.07) is 0. The molecule has 1 aliphatic heterocycles. The van der Waals surface area contributed by atoms with Crippen LogP contribution in [0.5, 0.6) is 0 Å². The molecule has 2 aliphatic rings. The highest BCUT2D eigenvalue weighted by Gasteiger charge is 2.64. The molecule has 2 unspecified atom stereocenters. The molecule has 4 atom stereocenters. The molecule has 2 rings (SSSR count). The van der Waals surface area contributed by atoms with Gasteiger partial charge in [0.2, 0.25) is 5.91 Å². The second-order valence-electron chi connectivity index (χ2n) is 6.19. The van der Waals surface area contributed by atoms with Gasteiger partial charge in [-0.15, -0.1) is 0 Å². The van der Waals surface area contributed by atoms with Gasteiger partial charge in [-0.05, 0) is 6.92 Å². The minimum absolute atomic E-state index is 0.0242. The third-order valence-corrected chi connectivity index (χ3v) is 4.76. The van der Waals surface area contributed by atoms with Gasteiger partial charge in [0.15, 0.2) is 0 Å². The minimum atomic E-state index is -0.976. The maximum atomic E-state index is 12.5. The van der Waals surface area contributed by atoms with E-state index in [9.17, 15) is 15.0 Å². The van der Waals surface area contributed by atoms with Crippen LogP contribution in [0, 0.1) is 5.41 Å². The summed E-state index contributed by atoms with van der Waals surface area (Å²) in [4.78, 5) is 14.0. The van der Waals surface area contributed by atoms with E-state index in [1.54, 1.807) is 0 Å². The van der Waals surface area contributed by atoms with E-state index in [1.807, 2.05) is 20.8 Å². The highest BCUT2D eigenvalue weighted by Crippen LogP contribution is 2.50. The molecule has 4 N–H and O–H groups in total. The van der Waals surface area contributed by atoms with Crippen molar-refractivity contribution in [3.05, 3.63) is 0 Å². The Kier molecular flexibility index (Phi) is 3.64. The summed E-state index contributed by atoms with van der Waals surface area (Å²) in [5.74, 6) is -0.205. The number of aliphatic hydroxyl groups excluding tert-OH is 2. The van der Waals surface area contributed by atoms with Crippen LogP contribution in [0.2, 0.25) is 0 Å². The summed E-state index contributed by atoms with van der Waals surface area (Å²) in [6.45, 7) is 6.67. The summed E-state index contributed by atoms with van der Waals surface area (Å²) in [5.41, 5.74) is 4.86. The largest absolute Gasteiger partial charge is 0.388 e. The van der Waals surface area contributed by atoms with Crippen LogP contribution in [0.3, 0.4) is 0 Å². The molecule has 110 valence electrons. The van der Waals surface area contributed by atoms with Gasteiger partial charge in [-0.2, -0.15) is 0 Å². The number of hydrogen-bond acceptors (Lipinski definition) is 5. The summed E-state index contributed by atoms with van der Waals surface area (Å²) >= 11 is 0. The lowest BCUT2D eigenvalue weighted by atomic mass is 9.54. The fourth-order valence-electron chi connectivity index (χ4n) is 3.02. The van der Waals surface area contributed by atoms with Crippen molar-refractivity contribution in [1.29, 1.82) is 0 Å². The zero-order valence-electron chi connectivity index (χ0n) is 11.8. The van der Waals surface area contributed by atoms with Crippen LogP contribution in [-0.4, -0.2) is 64.6 Å². The highest BCUT2D eigenvalue weighted by atomic mass is 16.5. The Morgan fingerprint density at radius 2 is 1.89 bits per heavy atom. The molecule has 1 saturated heterocycles. The van der Waals surface area contributed by atoms with E-state index < -0.39 is 23.2 Å². The van der Waals surface area contributed by atoms with Crippen LogP contribution in [-0.2, 0) is 9.53 Å². The number of rotatable bonds is 3. The third-order valence-electron chi connectivity index (χ3n) is 4.76. The first-order valence-electron chi connectivity index (χ1n) is 6.80. The first-order chi connectivity index (χ1) is 8.74. The molecule has 0 spiro atoms. The van der Waals surface area contributed by atoms with Gasteiger partial charge >= 0.3 is 0 Å². The molecule has 6 nitrogen and oxygen atoms in total. The predicted octanol–water partition coefficient (Wildman–Crippen LogP) is -0.917. The first kappa shape index (κ1) is 14.7. The van der Waals surface area contributed by atoms with E-state index in [2.05, 4.69) is 0 Å². The molecular formula is C13H24N2O4. The number of ether oxygens (including phenoxy) is 1. The van der Waals surface area contributed by atoms with Gasteiger partial charge in [-0.1, -0.05) is 13.8 Å². The van der Waals surface area contributed by atoms with Crippen molar-refractivity contribution in [3.63, 3.8) is 0 Å². The second kappa shape index (κ2) is 4.70. The van der Waals surface area contributed by atoms with Crippen molar-refractivity contribution in [2.24, 2.45) is 11.1 Å². The number of β-amino-alcohol motifs (C(OH)–C–C–N with tert-alkyl or cyclic N) is 2. The normalized spacial score (nSPS) is 41.2. The Morgan fingerprint density at radius 3 is 2.32 bits per heavy atom. The van der Waals surface area contributed by atoms with Crippen molar-refractivity contribution in [2.45, 2.75) is 51.0 Å². The molecule has 1 heterocycles. The number of hydrogen-bond donors (Lipinski definition) is 3. The van der Waals surface area contributed by atoms with Gasteiger partial charge in [0.25, 0.3) is 0 Å². The van der Waals surface area contributed by atoms with Crippen molar-refractivity contribution in [2.75, 3.05) is 19.7 Å². The molecule has 1 saturated carbocycles. The monoisotopic (exact) mass is 272 g/mol. The van der Waals surface area contributed by atoms with Crippen molar-refractivity contribution >= 4 is 5.91 Å². The molecule has 1 amide bonds. The summed E-state index contributed by atoms with van der Waals surface area (Å²) in [7, 11) is 0. The van der Waals surface area contributed by atoms with Gasteiger partial charge in [0.1, 0.15) is 5.54 Å². The standard InChI is InChI=1S/C13H24N2O4/c1-4-19-10-5-13(14,12(10,2)3)11(18)15-6-8(16)9(17)7-15/h8-10,16-17H,4-7,14H2,1-3H3/t8-,9+,10?,13?. The molecule has 1 aliphatic carbocycles. The molecule has 2 fully saturated rings. The first-order valence-corrected chi connectivity index (χ1v) is 6.80. The van der Waals surface area contributed by atoms with E-state index >= 15 is 0 Å². The third kappa shape index (κ3) is 2.07. The lowest BCUT2D eigenvalue weighted by Gasteiger charge is -2.58. The van der Waals surface area contributed by atoms with E-state index in [4.69, 9.17) is 10.5 Å². The zero-order chi connectivity index (χ0) is 14.4. The van der Waals surface area contributed by atoms with Crippen LogP contribution in [0.25, 0.3) is 0 Å². The highest BCUT2D eigenvalue weighted by molar-refractivity contribution is 5.89. The van der Waals surface area contributed by atoms with E-state index in [0.717, 1.165) is 0 Å². The summed E-state index contributed by atoms with van der Waals surface area (Å²) in [5, 5.41) is 19.1. The molecular weight excluding hydrogens is 248 g/mol. The average molecular weight is 272 g/mol. The molecule has 0 aromatic rings. The van der Waals surface area contributed by atoms with E-state index in [1.165, 1.54) is 4.90 Å². The number of aliphatic hydroxyl groups is 2. The smallest absolute Gasteiger partial charge is 0.243 e. The number of carbonyl (C=O) groups is 1. The van der Waals surface area contributed by atoms with Gasteiger partial charge in [0.05, 0.1) is 18.3 Å². The predicted molar refractivity (Wildman–Crippen MR) is 69.3 cm³/mol. The number of nitrogens with zero attached hydrogens (tertiary/aromatic N) is 1. The van der Waals surface area contributed by atoms with Crippen molar-refractivity contribution in [3.8, 4) is 0 Å². The quantitative estimate of drug-likeness (QED) is 0.618. The van der Waals surface area contributed by atoms with Crippen LogP contribution in [0.4, 0.5) is 0 Å². The number of likely N-dealkylation sites (tertiary alicyclic amines) is 1. The van der Waals surface area contributed by atoms with E-state index in [-0.39, 0.29) is 25.1 Å². The molecule has 0 aromatic carbocycles.